The number of carbonyl (C=O) groups excluding carboxylic acids is 1. The van der Waals surface area contributed by atoms with Crippen LogP contribution in [0.5, 0.6) is 0 Å². The number of hydrogen-bond acceptors (Lipinski definition) is 3. The van der Waals surface area contributed by atoms with E-state index in [0.717, 1.165) is 12.2 Å². The van der Waals surface area contributed by atoms with Crippen molar-refractivity contribution in [3.63, 3.8) is 0 Å². The zero-order valence-corrected chi connectivity index (χ0v) is 12.3. The van der Waals surface area contributed by atoms with E-state index < -0.39 is 5.41 Å². The summed E-state index contributed by atoms with van der Waals surface area (Å²) >= 11 is 6.98. The molecule has 98 valence electrons. The molecule has 1 aliphatic rings. The molecule has 1 saturated heterocycles. The van der Waals surface area contributed by atoms with Crippen LogP contribution in [0.3, 0.4) is 0 Å². The van der Waals surface area contributed by atoms with Crippen molar-refractivity contribution in [1.29, 1.82) is 0 Å². The maximum absolute atomic E-state index is 12.3. The van der Waals surface area contributed by atoms with Gasteiger partial charge in [0.25, 0.3) is 0 Å². The number of amides is 1. The third-order valence-electron chi connectivity index (χ3n) is 3.61. The summed E-state index contributed by atoms with van der Waals surface area (Å²) in [6.07, 6.45) is 3.59. The van der Waals surface area contributed by atoms with Crippen molar-refractivity contribution < 1.29 is 4.79 Å². The van der Waals surface area contributed by atoms with Gasteiger partial charge in [-0.15, -0.1) is 0 Å². The summed E-state index contributed by atoms with van der Waals surface area (Å²) in [5.41, 5.74) is 5.11. The molecule has 0 saturated carbocycles. The van der Waals surface area contributed by atoms with Crippen LogP contribution < -0.4 is 11.1 Å². The topological polar surface area (TPSA) is 55.1 Å². The van der Waals surface area contributed by atoms with Gasteiger partial charge in [0.15, 0.2) is 0 Å². The molecule has 1 unspecified atom stereocenters. The Morgan fingerprint density at radius 3 is 2.59 bits per heavy atom. The highest BCUT2D eigenvalue weighted by Gasteiger charge is 2.38. The lowest BCUT2D eigenvalue weighted by molar-refractivity contribution is -0.128. The molecule has 0 aliphatic carbocycles. The highest BCUT2D eigenvalue weighted by atomic mass is 32.2. The fraction of sp³-hybridized carbons (Fsp3) is 0.833. The summed E-state index contributed by atoms with van der Waals surface area (Å²) in [7, 11) is 0. The van der Waals surface area contributed by atoms with Crippen molar-refractivity contribution in [2.45, 2.75) is 45.6 Å². The number of thiocarbonyl (C=S) groups is 1. The first-order valence-electron chi connectivity index (χ1n) is 6.25. The molecule has 3 nitrogen and oxygen atoms in total. The average molecular weight is 274 g/mol. The van der Waals surface area contributed by atoms with Crippen LogP contribution in [-0.4, -0.2) is 28.4 Å². The van der Waals surface area contributed by atoms with Gasteiger partial charge >= 0.3 is 0 Å². The standard InChI is InChI=1S/C12H22N2OS2/c1-3-12(4-2,10(13)16)11(15)14-9-6-5-7-17-8-9/h9H,3-8H2,1-2H3,(H2,13,16)(H,14,15). The minimum Gasteiger partial charge on any atom is -0.392 e. The number of rotatable bonds is 5. The Bertz CT molecular complexity index is 284. The van der Waals surface area contributed by atoms with Crippen LogP contribution in [0, 0.1) is 5.41 Å². The Morgan fingerprint density at radius 2 is 2.18 bits per heavy atom. The van der Waals surface area contributed by atoms with Crippen molar-refractivity contribution in [2.75, 3.05) is 11.5 Å². The summed E-state index contributed by atoms with van der Waals surface area (Å²) in [5.74, 6) is 2.23. The minimum absolute atomic E-state index is 0.0162. The van der Waals surface area contributed by atoms with Gasteiger partial charge in [0.05, 0.1) is 10.4 Å². The van der Waals surface area contributed by atoms with Gasteiger partial charge in [0.1, 0.15) is 0 Å². The molecule has 0 radical (unpaired) electrons. The van der Waals surface area contributed by atoms with E-state index in [4.69, 9.17) is 18.0 Å². The fourth-order valence-electron chi connectivity index (χ4n) is 2.21. The van der Waals surface area contributed by atoms with Gasteiger partial charge in [0, 0.05) is 11.8 Å². The molecule has 5 heteroatoms. The van der Waals surface area contributed by atoms with Crippen LogP contribution in [0.2, 0.25) is 0 Å². The lowest BCUT2D eigenvalue weighted by Crippen LogP contribution is -2.52. The van der Waals surface area contributed by atoms with Gasteiger partial charge < -0.3 is 11.1 Å². The Labute approximate surface area is 113 Å². The third-order valence-corrected chi connectivity index (χ3v) is 5.22. The predicted octanol–water partition coefficient (Wildman–Crippen LogP) is 2.09. The van der Waals surface area contributed by atoms with E-state index >= 15 is 0 Å². The number of nitrogens with two attached hydrogens (primary N) is 1. The Morgan fingerprint density at radius 1 is 1.53 bits per heavy atom. The van der Waals surface area contributed by atoms with E-state index in [-0.39, 0.29) is 11.9 Å². The highest BCUT2D eigenvalue weighted by Crippen LogP contribution is 2.28. The quantitative estimate of drug-likeness (QED) is 0.754. The molecule has 0 aromatic carbocycles. The normalized spacial score (nSPS) is 20.9. The molecular weight excluding hydrogens is 252 g/mol. The van der Waals surface area contributed by atoms with Crippen molar-refractivity contribution in [2.24, 2.45) is 11.1 Å². The van der Waals surface area contributed by atoms with E-state index in [2.05, 4.69) is 5.32 Å². The van der Waals surface area contributed by atoms with Crippen LogP contribution in [0.4, 0.5) is 0 Å². The third kappa shape index (κ3) is 3.35. The van der Waals surface area contributed by atoms with E-state index in [1.54, 1.807) is 0 Å². The predicted molar refractivity (Wildman–Crippen MR) is 78.3 cm³/mol. The van der Waals surface area contributed by atoms with Crippen LogP contribution in [0.1, 0.15) is 39.5 Å². The van der Waals surface area contributed by atoms with Crippen LogP contribution in [-0.2, 0) is 4.79 Å². The summed E-state index contributed by atoms with van der Waals surface area (Å²) in [4.78, 5) is 12.7. The average Bonchev–Trinajstić information content (AvgIpc) is 2.32. The molecule has 1 heterocycles. The van der Waals surface area contributed by atoms with Crippen molar-refractivity contribution in [3.8, 4) is 0 Å². The smallest absolute Gasteiger partial charge is 0.233 e. The van der Waals surface area contributed by atoms with Crippen LogP contribution >= 0.6 is 24.0 Å². The minimum atomic E-state index is -0.655. The number of nitrogens with one attached hydrogen (secondary N) is 1. The molecule has 1 rings (SSSR count). The maximum atomic E-state index is 12.3. The second-order valence-electron chi connectivity index (χ2n) is 4.54. The Kier molecular flexibility index (Phi) is 5.73. The second kappa shape index (κ2) is 6.59. The second-order valence-corrected chi connectivity index (χ2v) is 6.13. The van der Waals surface area contributed by atoms with E-state index in [0.29, 0.717) is 17.8 Å². The van der Waals surface area contributed by atoms with Gasteiger partial charge in [-0.25, -0.2) is 0 Å². The number of hydrogen-bond donors (Lipinski definition) is 2. The first kappa shape index (κ1) is 14.8. The van der Waals surface area contributed by atoms with Crippen molar-refractivity contribution >= 4 is 34.9 Å². The van der Waals surface area contributed by atoms with Gasteiger partial charge in [0.2, 0.25) is 5.91 Å². The van der Waals surface area contributed by atoms with Gasteiger partial charge in [-0.05, 0) is 31.4 Å². The lowest BCUT2D eigenvalue weighted by atomic mass is 9.81. The molecule has 0 aromatic rings. The first-order valence-corrected chi connectivity index (χ1v) is 7.81. The van der Waals surface area contributed by atoms with Gasteiger partial charge in [-0.1, -0.05) is 26.1 Å². The Balaban J connectivity index is 2.67. The van der Waals surface area contributed by atoms with Gasteiger partial charge in [-0.3, -0.25) is 4.79 Å². The fourth-order valence-corrected chi connectivity index (χ4v) is 3.66. The summed E-state index contributed by atoms with van der Waals surface area (Å²) < 4.78 is 0. The van der Waals surface area contributed by atoms with Gasteiger partial charge in [-0.2, -0.15) is 11.8 Å². The largest absolute Gasteiger partial charge is 0.392 e. The lowest BCUT2D eigenvalue weighted by Gasteiger charge is -2.32. The van der Waals surface area contributed by atoms with Crippen LogP contribution in [0.25, 0.3) is 0 Å². The SMILES string of the molecule is CCC(CC)(C(=O)NC1CCCSC1)C(N)=S. The molecule has 17 heavy (non-hydrogen) atoms. The first-order chi connectivity index (χ1) is 8.06. The zero-order valence-electron chi connectivity index (χ0n) is 10.6. The summed E-state index contributed by atoms with van der Waals surface area (Å²) in [6.45, 7) is 3.94. The number of thioether (sulfide) groups is 1. The molecule has 1 amide bonds. The molecule has 1 aliphatic heterocycles. The maximum Gasteiger partial charge on any atom is 0.233 e. The molecule has 0 bridgehead atoms. The van der Waals surface area contributed by atoms with E-state index in [1.807, 2.05) is 25.6 Å². The summed E-state index contributed by atoms with van der Waals surface area (Å²) in [5, 5.41) is 3.12. The molecule has 0 aromatic heterocycles. The molecule has 0 spiro atoms. The highest BCUT2D eigenvalue weighted by molar-refractivity contribution is 7.99. The molecule has 3 N–H and O–H groups in total. The van der Waals surface area contributed by atoms with Crippen molar-refractivity contribution in [3.05, 3.63) is 0 Å². The van der Waals surface area contributed by atoms with E-state index in [1.165, 1.54) is 12.2 Å². The van der Waals surface area contributed by atoms with E-state index in [9.17, 15) is 4.79 Å². The Hall–Kier alpha value is -0.290. The zero-order chi connectivity index (χ0) is 12.9. The molecule has 1 atom stereocenters. The number of carbonyl (C=O) groups is 1. The summed E-state index contributed by atoms with van der Waals surface area (Å²) in [6, 6.07) is 0.285. The van der Waals surface area contributed by atoms with Crippen molar-refractivity contribution in [1.82, 2.24) is 5.32 Å². The van der Waals surface area contributed by atoms with Crippen LogP contribution in [0.15, 0.2) is 0 Å². The molecule has 1 fully saturated rings. The monoisotopic (exact) mass is 274 g/mol. The molecular formula is C12H22N2OS2.